The normalized spacial score (nSPS) is 16.6. The third kappa shape index (κ3) is 7.79. The first-order valence-electron chi connectivity index (χ1n) is 12.7. The standard InChI is InChI=1S/C27H32ClN5O5S2/c1-17(2)14-33(40(36,37)21-9-8-19-11-25(29)31-22(19)12-21)15-24(34)23(10-18-6-4-3-5-7-18)32-27(35)38-16-20-13-30-26(28)39-20/h3-9,11,13,17,23-24,34H,10,12,14-16,29H2,1-2H3,(H,32,35). The molecule has 1 amide bonds. The number of halogens is 1. The average Bonchev–Trinajstić information content (AvgIpc) is 3.50. The summed E-state index contributed by atoms with van der Waals surface area (Å²) in [5.74, 6) is 0.318. The smallest absolute Gasteiger partial charge is 0.407 e. The molecule has 0 fully saturated rings. The number of benzene rings is 1. The Bertz CT molecular complexity index is 1450. The first-order chi connectivity index (χ1) is 19.0. The summed E-state index contributed by atoms with van der Waals surface area (Å²) < 4.78 is 34.5. The fourth-order valence-corrected chi connectivity index (χ4v) is 7.00. The zero-order valence-electron chi connectivity index (χ0n) is 22.2. The molecule has 1 aliphatic carbocycles. The lowest BCUT2D eigenvalue weighted by Crippen LogP contribution is -2.51. The van der Waals surface area contributed by atoms with Crippen LogP contribution in [0, 0.1) is 5.92 Å². The van der Waals surface area contributed by atoms with Gasteiger partial charge in [-0.25, -0.2) is 23.2 Å². The van der Waals surface area contributed by atoms with Gasteiger partial charge in [0.05, 0.1) is 27.6 Å². The van der Waals surface area contributed by atoms with E-state index < -0.39 is 28.3 Å². The maximum atomic E-state index is 13.8. The van der Waals surface area contributed by atoms with E-state index in [0.717, 1.165) is 11.1 Å². The summed E-state index contributed by atoms with van der Waals surface area (Å²) in [7, 11) is -3.97. The van der Waals surface area contributed by atoms with Crippen molar-refractivity contribution in [3.05, 3.63) is 86.0 Å². The highest BCUT2D eigenvalue weighted by atomic mass is 35.5. The monoisotopic (exact) mass is 605 g/mol. The Morgan fingerprint density at radius 3 is 2.67 bits per heavy atom. The van der Waals surface area contributed by atoms with E-state index in [1.165, 1.54) is 21.8 Å². The first kappa shape index (κ1) is 29.9. The molecular weight excluding hydrogens is 574 g/mol. The van der Waals surface area contributed by atoms with Crippen LogP contribution in [0.1, 0.15) is 30.7 Å². The molecule has 4 rings (SSSR count). The SMILES string of the molecule is CC(C)CN(CC(O)C(Cc1ccccc1)NC(=O)OCc1cnc(Cl)s1)S(=O)(=O)C1=CC=C2C=C(N)N=C2C1. The van der Waals surface area contributed by atoms with Crippen LogP contribution in [0.25, 0.3) is 0 Å². The van der Waals surface area contributed by atoms with Crippen LogP contribution >= 0.6 is 22.9 Å². The number of carbonyl (C=O) groups is 1. The number of aliphatic hydroxyl groups excluding tert-OH is 1. The Labute approximate surface area is 243 Å². The maximum absolute atomic E-state index is 13.8. The predicted octanol–water partition coefficient (Wildman–Crippen LogP) is 3.75. The second-order valence-corrected chi connectivity index (χ2v) is 13.6. The molecule has 0 spiro atoms. The molecule has 1 aliphatic heterocycles. The number of aliphatic hydroxyl groups is 1. The number of ether oxygens (including phenoxy) is 1. The Kier molecular flexibility index (Phi) is 9.80. The first-order valence-corrected chi connectivity index (χ1v) is 15.4. The number of carbonyl (C=O) groups excluding carboxylic acids is 1. The summed E-state index contributed by atoms with van der Waals surface area (Å²) in [5, 5.41) is 14.1. The Morgan fingerprint density at radius 2 is 2.00 bits per heavy atom. The number of sulfonamides is 1. The molecule has 2 heterocycles. The van der Waals surface area contributed by atoms with Crippen LogP contribution < -0.4 is 11.1 Å². The van der Waals surface area contributed by atoms with Gasteiger partial charge in [0, 0.05) is 31.3 Å². The van der Waals surface area contributed by atoms with Gasteiger partial charge in [-0.05, 0) is 30.1 Å². The number of aliphatic imine (C=N–C) groups is 1. The number of hydrogen-bond acceptors (Lipinski definition) is 9. The molecule has 2 aliphatic rings. The van der Waals surface area contributed by atoms with Gasteiger partial charge >= 0.3 is 6.09 Å². The number of aromatic nitrogens is 1. The summed E-state index contributed by atoms with van der Waals surface area (Å²) >= 11 is 7.04. The second kappa shape index (κ2) is 13.1. The van der Waals surface area contributed by atoms with Gasteiger partial charge in [-0.3, -0.25) is 0 Å². The van der Waals surface area contributed by atoms with E-state index in [9.17, 15) is 18.3 Å². The third-order valence-electron chi connectivity index (χ3n) is 6.26. The van der Waals surface area contributed by atoms with E-state index in [0.29, 0.717) is 20.9 Å². The van der Waals surface area contributed by atoms with Crippen molar-refractivity contribution < 1.29 is 23.1 Å². The van der Waals surface area contributed by atoms with Gasteiger partial charge in [-0.1, -0.05) is 61.9 Å². The van der Waals surface area contributed by atoms with Crippen molar-refractivity contribution in [2.75, 3.05) is 13.1 Å². The number of rotatable bonds is 12. The number of nitrogens with one attached hydrogen (secondary N) is 1. The fraction of sp³-hybridized carbons (Fsp3) is 0.370. The van der Waals surface area contributed by atoms with Crippen LogP contribution in [0.3, 0.4) is 0 Å². The number of nitrogens with two attached hydrogens (primary N) is 1. The highest BCUT2D eigenvalue weighted by Gasteiger charge is 2.34. The number of allylic oxidation sites excluding steroid dienone is 5. The van der Waals surface area contributed by atoms with Crippen molar-refractivity contribution >= 4 is 44.8 Å². The van der Waals surface area contributed by atoms with E-state index in [1.54, 1.807) is 18.2 Å². The van der Waals surface area contributed by atoms with E-state index >= 15 is 0 Å². The number of hydrogen-bond donors (Lipinski definition) is 3. The summed E-state index contributed by atoms with van der Waals surface area (Å²) in [4.78, 5) is 21.7. The van der Waals surface area contributed by atoms with E-state index in [-0.39, 0.29) is 43.4 Å². The highest BCUT2D eigenvalue weighted by Crippen LogP contribution is 2.29. The van der Waals surface area contributed by atoms with Crippen LogP contribution in [0.15, 0.2) is 76.0 Å². The van der Waals surface area contributed by atoms with Crippen LogP contribution in [0.4, 0.5) is 4.79 Å². The van der Waals surface area contributed by atoms with E-state index in [2.05, 4.69) is 15.3 Å². The molecule has 4 N–H and O–H groups in total. The van der Waals surface area contributed by atoms with Crippen molar-refractivity contribution in [3.8, 4) is 0 Å². The van der Waals surface area contributed by atoms with Crippen molar-refractivity contribution in [2.45, 2.75) is 45.4 Å². The van der Waals surface area contributed by atoms with E-state index in [1.807, 2.05) is 44.2 Å². The molecule has 0 saturated carbocycles. The fourth-order valence-electron chi connectivity index (χ4n) is 4.38. The van der Waals surface area contributed by atoms with Gasteiger partial charge in [-0.2, -0.15) is 4.31 Å². The van der Waals surface area contributed by atoms with Crippen molar-refractivity contribution in [1.29, 1.82) is 0 Å². The van der Waals surface area contributed by atoms with Crippen LogP contribution in [0.2, 0.25) is 4.47 Å². The lowest BCUT2D eigenvalue weighted by molar-refractivity contribution is 0.0877. The molecule has 1 aromatic heterocycles. The highest BCUT2D eigenvalue weighted by molar-refractivity contribution is 7.93. The minimum Gasteiger partial charge on any atom is -0.444 e. The van der Waals surface area contributed by atoms with Gasteiger partial charge in [0.25, 0.3) is 0 Å². The lowest BCUT2D eigenvalue weighted by Gasteiger charge is -2.31. The molecule has 1 aromatic carbocycles. The maximum Gasteiger partial charge on any atom is 0.407 e. The Balaban J connectivity index is 1.51. The largest absolute Gasteiger partial charge is 0.444 e. The second-order valence-electron chi connectivity index (χ2n) is 9.94. The molecule has 13 heteroatoms. The Hall–Kier alpha value is -3.03. The zero-order chi connectivity index (χ0) is 28.9. The molecule has 0 radical (unpaired) electrons. The van der Waals surface area contributed by atoms with Crippen LogP contribution in [-0.4, -0.2) is 59.9 Å². The van der Waals surface area contributed by atoms with Gasteiger partial charge in [0.1, 0.15) is 12.4 Å². The zero-order valence-corrected chi connectivity index (χ0v) is 24.5. The molecule has 2 aromatic rings. The van der Waals surface area contributed by atoms with Crippen LogP contribution in [0.5, 0.6) is 0 Å². The number of nitrogens with zero attached hydrogens (tertiary/aromatic N) is 3. The molecule has 40 heavy (non-hydrogen) atoms. The summed E-state index contributed by atoms with van der Waals surface area (Å²) in [5.41, 5.74) is 8.04. The van der Waals surface area contributed by atoms with Gasteiger partial charge in [0.2, 0.25) is 10.0 Å². The molecule has 214 valence electrons. The quantitative estimate of drug-likeness (QED) is 0.334. The third-order valence-corrected chi connectivity index (χ3v) is 9.27. The number of thiazole rings is 1. The van der Waals surface area contributed by atoms with Gasteiger partial charge in [0.15, 0.2) is 4.47 Å². The topological polar surface area (TPSA) is 147 Å². The number of fused-ring (bicyclic) bond motifs is 1. The summed E-state index contributed by atoms with van der Waals surface area (Å²) in [6.07, 6.45) is 4.84. The molecule has 0 saturated heterocycles. The minimum atomic E-state index is -3.97. The number of amides is 1. The average molecular weight is 606 g/mol. The van der Waals surface area contributed by atoms with Gasteiger partial charge < -0.3 is 20.9 Å². The summed E-state index contributed by atoms with van der Waals surface area (Å²) in [6.45, 7) is 3.71. The van der Waals surface area contributed by atoms with Crippen molar-refractivity contribution in [3.63, 3.8) is 0 Å². The molecule has 0 bridgehead atoms. The van der Waals surface area contributed by atoms with Gasteiger partial charge in [-0.15, -0.1) is 11.3 Å². The van der Waals surface area contributed by atoms with E-state index in [4.69, 9.17) is 22.1 Å². The van der Waals surface area contributed by atoms with Crippen molar-refractivity contribution in [1.82, 2.24) is 14.6 Å². The van der Waals surface area contributed by atoms with Crippen molar-refractivity contribution in [2.24, 2.45) is 16.6 Å². The minimum absolute atomic E-state index is 0.0184. The molecule has 2 atom stereocenters. The number of alkyl carbamates (subject to hydrolysis) is 1. The summed E-state index contributed by atoms with van der Waals surface area (Å²) in [6, 6.07) is 8.47. The molecular formula is C27H32ClN5O5S2. The predicted molar refractivity (Wildman–Crippen MR) is 156 cm³/mol. The lowest BCUT2D eigenvalue weighted by atomic mass is 10.0. The van der Waals surface area contributed by atoms with Crippen LogP contribution in [-0.2, 0) is 27.8 Å². The Morgan fingerprint density at radius 1 is 1.25 bits per heavy atom. The molecule has 2 unspecified atom stereocenters. The molecule has 10 nitrogen and oxygen atoms in total.